The fourth-order valence-electron chi connectivity index (χ4n) is 5.43. The van der Waals surface area contributed by atoms with Crippen LogP contribution in [0, 0.1) is 11.8 Å². The van der Waals surface area contributed by atoms with Crippen molar-refractivity contribution in [3.63, 3.8) is 0 Å². The summed E-state index contributed by atoms with van der Waals surface area (Å²) in [5, 5.41) is 6.74. The van der Waals surface area contributed by atoms with Crippen LogP contribution in [-0.2, 0) is 19.0 Å². The fourth-order valence-corrected chi connectivity index (χ4v) is 5.43. The average Bonchev–Trinajstić information content (AvgIpc) is 3.24. The van der Waals surface area contributed by atoms with E-state index in [0.29, 0.717) is 41.1 Å². The number of nitrogens with zero attached hydrogens (tertiary/aromatic N) is 2. The lowest BCUT2D eigenvalue weighted by atomic mass is 9.89. The van der Waals surface area contributed by atoms with Crippen molar-refractivity contribution < 1.29 is 13.2 Å². The Morgan fingerprint density at radius 2 is 1.77 bits per heavy atom. The van der Waals surface area contributed by atoms with Gasteiger partial charge in [0.25, 0.3) is 0 Å². The molecule has 0 radical (unpaired) electrons. The third kappa shape index (κ3) is 5.44. The predicted molar refractivity (Wildman–Crippen MR) is 134 cm³/mol. The molecule has 0 saturated heterocycles. The Morgan fingerprint density at radius 3 is 2.57 bits per heavy atom. The third-order valence-electron chi connectivity index (χ3n) is 7.25. The number of aromatic nitrogens is 2. The number of rotatable bonds is 6. The van der Waals surface area contributed by atoms with E-state index in [1.54, 1.807) is 0 Å². The molecule has 3 aromatic rings. The van der Waals surface area contributed by atoms with Gasteiger partial charge in [-0.3, -0.25) is 0 Å². The van der Waals surface area contributed by atoms with Crippen LogP contribution in [0.5, 0.6) is 0 Å². The van der Waals surface area contributed by atoms with Crippen molar-refractivity contribution in [1.82, 2.24) is 9.97 Å². The molecule has 1 atom stereocenters. The molecule has 1 heterocycles. The molecule has 1 fully saturated rings. The Balaban J connectivity index is 1.43. The van der Waals surface area contributed by atoms with Crippen molar-refractivity contribution >= 4 is 17.2 Å². The van der Waals surface area contributed by atoms with E-state index in [-0.39, 0.29) is 0 Å². The smallest absolute Gasteiger partial charge is 0.384 e. The zero-order valence-corrected chi connectivity index (χ0v) is 20.0. The molecule has 0 aliphatic heterocycles. The molecule has 2 N–H and O–H groups in total. The van der Waals surface area contributed by atoms with Crippen molar-refractivity contribution in [2.45, 2.75) is 58.0 Å². The van der Waals surface area contributed by atoms with Gasteiger partial charge >= 0.3 is 6.18 Å². The second-order valence-electron chi connectivity index (χ2n) is 10.0. The number of benzene rings is 2. The van der Waals surface area contributed by atoms with Crippen LogP contribution < -0.4 is 10.6 Å². The highest BCUT2D eigenvalue weighted by atomic mass is 19.4. The first-order valence-corrected chi connectivity index (χ1v) is 12.5. The zero-order chi connectivity index (χ0) is 24.4. The number of fused-ring (bicyclic) bond motifs is 1. The summed E-state index contributed by atoms with van der Waals surface area (Å²) in [6.45, 7) is 2.91. The van der Waals surface area contributed by atoms with Crippen LogP contribution in [-0.4, -0.2) is 16.5 Å². The highest BCUT2D eigenvalue weighted by Gasteiger charge is 2.31. The summed E-state index contributed by atoms with van der Waals surface area (Å²) in [4.78, 5) is 8.80. The largest absolute Gasteiger partial charge is 0.416 e. The van der Waals surface area contributed by atoms with Gasteiger partial charge in [0.1, 0.15) is 12.1 Å². The quantitative estimate of drug-likeness (QED) is 0.381. The van der Waals surface area contributed by atoms with E-state index < -0.39 is 11.7 Å². The highest BCUT2D eigenvalue weighted by Crippen LogP contribution is 2.37. The number of alkyl halides is 3. The van der Waals surface area contributed by atoms with Gasteiger partial charge in [0.2, 0.25) is 0 Å². The van der Waals surface area contributed by atoms with Crippen molar-refractivity contribution in [2.75, 3.05) is 17.2 Å². The van der Waals surface area contributed by atoms with E-state index >= 15 is 0 Å². The maximum absolute atomic E-state index is 13.5. The molecule has 1 aromatic heterocycles. The molecule has 2 aliphatic rings. The first-order valence-electron chi connectivity index (χ1n) is 12.5. The summed E-state index contributed by atoms with van der Waals surface area (Å²) in [7, 11) is 0. The van der Waals surface area contributed by atoms with Crippen LogP contribution in [0.25, 0.3) is 11.3 Å². The number of hydrogen-bond donors (Lipinski definition) is 2. The molecule has 184 valence electrons. The lowest BCUT2D eigenvalue weighted by Crippen LogP contribution is -2.18. The Labute approximate surface area is 204 Å². The summed E-state index contributed by atoms with van der Waals surface area (Å²) in [6.07, 6.45) is 4.99. The van der Waals surface area contributed by atoms with Crippen molar-refractivity contribution in [2.24, 2.45) is 11.8 Å². The maximum Gasteiger partial charge on any atom is 0.416 e. The highest BCUT2D eigenvalue weighted by molar-refractivity contribution is 5.78. The van der Waals surface area contributed by atoms with E-state index in [9.17, 15) is 13.2 Å². The van der Waals surface area contributed by atoms with Crippen LogP contribution in [0.4, 0.5) is 30.4 Å². The first kappa shape index (κ1) is 23.6. The van der Waals surface area contributed by atoms with Gasteiger partial charge < -0.3 is 10.6 Å². The van der Waals surface area contributed by atoms with E-state index in [1.165, 1.54) is 48.8 Å². The van der Waals surface area contributed by atoms with E-state index in [1.807, 2.05) is 18.2 Å². The van der Waals surface area contributed by atoms with Gasteiger partial charge in [-0.1, -0.05) is 44.4 Å². The SMILES string of the molecule is CC1Cc2cccc(Nc3cc(-c4ccc(C(F)(F)F)cc4NCC4CCCCC4)ncn3)c2C1. The zero-order valence-electron chi connectivity index (χ0n) is 20.0. The van der Waals surface area contributed by atoms with Gasteiger partial charge in [0.05, 0.1) is 11.3 Å². The Hall–Kier alpha value is -3.09. The lowest BCUT2D eigenvalue weighted by molar-refractivity contribution is -0.137. The molecule has 4 nitrogen and oxygen atoms in total. The monoisotopic (exact) mass is 480 g/mol. The molecule has 35 heavy (non-hydrogen) atoms. The minimum Gasteiger partial charge on any atom is -0.384 e. The van der Waals surface area contributed by atoms with E-state index in [4.69, 9.17) is 0 Å². The predicted octanol–water partition coefficient (Wildman–Crippen LogP) is 7.63. The van der Waals surface area contributed by atoms with Crippen LogP contribution in [0.15, 0.2) is 48.8 Å². The van der Waals surface area contributed by atoms with Gasteiger partial charge in [0.15, 0.2) is 0 Å². The van der Waals surface area contributed by atoms with Gasteiger partial charge in [-0.25, -0.2) is 9.97 Å². The standard InChI is InChI=1S/C28H31F3N4/c1-18-12-20-8-5-9-24(23(20)13-18)35-27-15-26(33-17-34-27)22-11-10-21(28(29,30)31)14-25(22)32-16-19-6-3-2-4-7-19/h5,8-11,14-15,17-19,32H,2-4,6-7,12-13,16H2,1H3,(H,33,34,35). The molecule has 0 amide bonds. The van der Waals surface area contributed by atoms with Gasteiger partial charge in [0, 0.05) is 29.5 Å². The van der Waals surface area contributed by atoms with Crippen molar-refractivity contribution in [3.8, 4) is 11.3 Å². The van der Waals surface area contributed by atoms with Crippen LogP contribution in [0.1, 0.15) is 55.7 Å². The second kappa shape index (κ2) is 9.88. The van der Waals surface area contributed by atoms with Crippen molar-refractivity contribution in [3.05, 3.63) is 65.5 Å². The number of anilines is 3. The molecule has 2 aliphatic carbocycles. The summed E-state index contributed by atoms with van der Waals surface area (Å²) >= 11 is 0. The summed E-state index contributed by atoms with van der Waals surface area (Å²) < 4.78 is 40.4. The van der Waals surface area contributed by atoms with Gasteiger partial charge in [-0.2, -0.15) is 13.2 Å². The molecule has 1 saturated carbocycles. The molecule has 2 aromatic carbocycles. The third-order valence-corrected chi connectivity index (χ3v) is 7.25. The number of hydrogen-bond acceptors (Lipinski definition) is 4. The topological polar surface area (TPSA) is 49.8 Å². The van der Waals surface area contributed by atoms with Crippen LogP contribution >= 0.6 is 0 Å². The molecule has 1 unspecified atom stereocenters. The molecular weight excluding hydrogens is 449 g/mol. The normalized spacial score (nSPS) is 18.3. The number of nitrogens with one attached hydrogen (secondary N) is 2. The second-order valence-corrected chi connectivity index (χ2v) is 10.0. The van der Waals surface area contributed by atoms with Crippen LogP contribution in [0.3, 0.4) is 0 Å². The first-order chi connectivity index (χ1) is 16.9. The van der Waals surface area contributed by atoms with E-state index in [0.717, 1.165) is 37.4 Å². The van der Waals surface area contributed by atoms with Gasteiger partial charge in [-0.05, 0) is 66.8 Å². The molecule has 0 bridgehead atoms. The minimum absolute atomic E-state index is 0.462. The molecule has 7 heteroatoms. The average molecular weight is 481 g/mol. The summed E-state index contributed by atoms with van der Waals surface area (Å²) in [6, 6.07) is 11.9. The molecular formula is C28H31F3N4. The molecule has 0 spiro atoms. The van der Waals surface area contributed by atoms with Crippen molar-refractivity contribution in [1.29, 1.82) is 0 Å². The van der Waals surface area contributed by atoms with Gasteiger partial charge in [-0.15, -0.1) is 0 Å². The van der Waals surface area contributed by atoms with Crippen LogP contribution in [0.2, 0.25) is 0 Å². The minimum atomic E-state index is -4.40. The summed E-state index contributed by atoms with van der Waals surface area (Å²) in [5.41, 5.74) is 4.73. The van der Waals surface area contributed by atoms with E-state index in [2.05, 4.69) is 33.6 Å². The Morgan fingerprint density at radius 1 is 0.943 bits per heavy atom. The number of halogens is 3. The summed E-state index contributed by atoms with van der Waals surface area (Å²) in [5.74, 6) is 1.72. The fraction of sp³-hybridized carbons (Fsp3) is 0.429. The molecule has 5 rings (SSSR count). The maximum atomic E-state index is 13.5. The Kier molecular flexibility index (Phi) is 6.67. The lowest BCUT2D eigenvalue weighted by Gasteiger charge is -2.23. The Bertz CT molecular complexity index is 1190.